The number of nitrogens with one attached hydrogen (secondary N) is 1. The number of aliphatic hydroxyl groups is 1. The fourth-order valence-electron chi connectivity index (χ4n) is 1.64. The Labute approximate surface area is 114 Å². The zero-order valence-corrected chi connectivity index (χ0v) is 11.8. The Bertz CT molecular complexity index is 346. The maximum absolute atomic E-state index is 9.10. The lowest BCUT2D eigenvalue weighted by molar-refractivity contribution is 0.189. The van der Waals surface area contributed by atoms with Gasteiger partial charge in [-0.15, -0.1) is 0 Å². The first-order chi connectivity index (χ1) is 9.19. The van der Waals surface area contributed by atoms with Crippen molar-refractivity contribution in [2.45, 2.75) is 19.4 Å². The number of para-hydroxylation sites is 1. The highest BCUT2D eigenvalue weighted by molar-refractivity contribution is 5.51. The summed E-state index contributed by atoms with van der Waals surface area (Å²) in [7, 11) is 3.21. The summed E-state index contributed by atoms with van der Waals surface area (Å²) in [4.78, 5) is 0. The molecule has 0 aromatic heterocycles. The van der Waals surface area contributed by atoms with Crippen LogP contribution < -0.4 is 19.5 Å². The Kier molecular flexibility index (Phi) is 7.07. The predicted molar refractivity (Wildman–Crippen MR) is 74.2 cm³/mol. The number of benzene rings is 1. The number of methoxy groups -OCH3 is 2. The van der Waals surface area contributed by atoms with E-state index < -0.39 is 0 Å². The molecule has 0 amide bonds. The van der Waals surface area contributed by atoms with E-state index in [0.717, 1.165) is 13.0 Å². The van der Waals surface area contributed by atoms with Crippen molar-refractivity contribution in [3.63, 3.8) is 0 Å². The average molecular weight is 269 g/mol. The number of hydrogen-bond donors (Lipinski definition) is 2. The molecule has 0 heterocycles. The molecule has 0 bridgehead atoms. The summed E-state index contributed by atoms with van der Waals surface area (Å²) >= 11 is 0. The molecule has 5 heteroatoms. The van der Waals surface area contributed by atoms with Gasteiger partial charge in [-0.25, -0.2) is 0 Å². The van der Waals surface area contributed by atoms with Gasteiger partial charge in [-0.3, -0.25) is 0 Å². The first-order valence-corrected chi connectivity index (χ1v) is 6.41. The maximum Gasteiger partial charge on any atom is 0.203 e. The summed E-state index contributed by atoms with van der Waals surface area (Å²) in [5, 5.41) is 12.2. The van der Waals surface area contributed by atoms with E-state index in [0.29, 0.717) is 30.4 Å². The van der Waals surface area contributed by atoms with Gasteiger partial charge in [0.05, 0.1) is 26.9 Å². The van der Waals surface area contributed by atoms with Crippen LogP contribution in [0.1, 0.15) is 13.3 Å². The molecule has 2 N–H and O–H groups in total. The van der Waals surface area contributed by atoms with Crippen LogP contribution in [-0.4, -0.2) is 45.1 Å². The first kappa shape index (κ1) is 15.6. The third-order valence-corrected chi connectivity index (χ3v) is 2.57. The first-order valence-electron chi connectivity index (χ1n) is 6.41. The van der Waals surface area contributed by atoms with Crippen LogP contribution in [0.5, 0.6) is 17.2 Å². The lowest BCUT2D eigenvalue weighted by Crippen LogP contribution is -2.26. The van der Waals surface area contributed by atoms with Crippen LogP contribution in [0.25, 0.3) is 0 Å². The van der Waals surface area contributed by atoms with Crippen molar-refractivity contribution in [1.29, 1.82) is 0 Å². The summed E-state index contributed by atoms with van der Waals surface area (Å²) < 4.78 is 16.2. The van der Waals surface area contributed by atoms with Gasteiger partial charge >= 0.3 is 0 Å². The zero-order valence-electron chi connectivity index (χ0n) is 11.8. The molecular formula is C14H23NO4. The Morgan fingerprint density at radius 1 is 1.21 bits per heavy atom. The molecule has 1 rings (SSSR count). The van der Waals surface area contributed by atoms with Crippen LogP contribution in [0.15, 0.2) is 18.2 Å². The maximum atomic E-state index is 9.10. The van der Waals surface area contributed by atoms with Gasteiger partial charge < -0.3 is 24.6 Å². The highest BCUT2D eigenvalue weighted by atomic mass is 16.5. The molecule has 1 aromatic carbocycles. The quantitative estimate of drug-likeness (QED) is 0.664. The van der Waals surface area contributed by atoms with E-state index in [1.54, 1.807) is 21.1 Å². The summed E-state index contributed by atoms with van der Waals surface area (Å²) in [5.74, 6) is 1.95. The fourth-order valence-corrected chi connectivity index (χ4v) is 1.64. The van der Waals surface area contributed by atoms with Crippen molar-refractivity contribution in [2.24, 2.45) is 0 Å². The van der Waals surface area contributed by atoms with Gasteiger partial charge in [-0.05, 0) is 32.0 Å². The second kappa shape index (κ2) is 8.61. The van der Waals surface area contributed by atoms with Gasteiger partial charge in [0.2, 0.25) is 5.75 Å². The number of rotatable bonds is 9. The molecule has 1 aromatic rings. The van der Waals surface area contributed by atoms with Crippen molar-refractivity contribution in [2.75, 3.05) is 33.9 Å². The van der Waals surface area contributed by atoms with Crippen LogP contribution in [-0.2, 0) is 0 Å². The summed E-state index contributed by atoms with van der Waals surface area (Å²) in [5.41, 5.74) is 0. The summed E-state index contributed by atoms with van der Waals surface area (Å²) in [6.07, 6.45) is 0.517. The molecular weight excluding hydrogens is 246 g/mol. The van der Waals surface area contributed by atoms with Gasteiger partial charge in [0.1, 0.15) is 0 Å². The van der Waals surface area contributed by atoms with Crippen molar-refractivity contribution in [3.05, 3.63) is 18.2 Å². The van der Waals surface area contributed by atoms with Gasteiger partial charge in [0.25, 0.3) is 0 Å². The summed E-state index contributed by atoms with van der Waals surface area (Å²) in [6, 6.07) is 5.53. The molecule has 0 saturated carbocycles. The molecule has 19 heavy (non-hydrogen) atoms. The second-order valence-electron chi connectivity index (χ2n) is 4.25. The SMILES string of the molecule is COc1cccc(OC)c1OCCCNC[C@H](C)O. The van der Waals surface area contributed by atoms with Crippen molar-refractivity contribution in [3.8, 4) is 17.2 Å². The number of ether oxygens (including phenoxy) is 3. The number of aliphatic hydroxyl groups excluding tert-OH is 1. The van der Waals surface area contributed by atoms with Gasteiger partial charge in [0, 0.05) is 6.54 Å². The molecule has 0 fully saturated rings. The Balaban J connectivity index is 2.40. The van der Waals surface area contributed by atoms with Crippen LogP contribution in [0, 0.1) is 0 Å². The molecule has 0 radical (unpaired) electrons. The van der Waals surface area contributed by atoms with E-state index in [9.17, 15) is 0 Å². The molecule has 0 unspecified atom stereocenters. The Morgan fingerprint density at radius 3 is 2.37 bits per heavy atom. The lowest BCUT2D eigenvalue weighted by Gasteiger charge is -2.14. The van der Waals surface area contributed by atoms with Crippen molar-refractivity contribution < 1.29 is 19.3 Å². The van der Waals surface area contributed by atoms with Gasteiger partial charge in [0.15, 0.2) is 11.5 Å². The van der Waals surface area contributed by atoms with Crippen LogP contribution in [0.3, 0.4) is 0 Å². The minimum absolute atomic E-state index is 0.324. The van der Waals surface area contributed by atoms with E-state index in [1.165, 1.54) is 0 Å². The molecule has 0 aliphatic rings. The molecule has 108 valence electrons. The molecule has 0 aliphatic heterocycles. The topological polar surface area (TPSA) is 60.0 Å². The second-order valence-corrected chi connectivity index (χ2v) is 4.25. The molecule has 0 saturated heterocycles. The minimum Gasteiger partial charge on any atom is -0.493 e. The predicted octanol–water partition coefficient (Wildman–Crippen LogP) is 1.44. The van der Waals surface area contributed by atoms with E-state index in [1.807, 2.05) is 18.2 Å². The summed E-state index contributed by atoms with van der Waals surface area (Å²) in [6.45, 7) is 3.70. The Morgan fingerprint density at radius 2 is 1.84 bits per heavy atom. The third kappa shape index (κ3) is 5.36. The highest BCUT2D eigenvalue weighted by Crippen LogP contribution is 2.36. The average Bonchev–Trinajstić information content (AvgIpc) is 2.42. The molecule has 5 nitrogen and oxygen atoms in total. The van der Waals surface area contributed by atoms with E-state index in [-0.39, 0.29) is 6.10 Å². The van der Waals surface area contributed by atoms with E-state index in [2.05, 4.69) is 5.32 Å². The van der Waals surface area contributed by atoms with Crippen LogP contribution in [0.2, 0.25) is 0 Å². The van der Waals surface area contributed by atoms with E-state index >= 15 is 0 Å². The van der Waals surface area contributed by atoms with Gasteiger partial charge in [-0.2, -0.15) is 0 Å². The van der Waals surface area contributed by atoms with Gasteiger partial charge in [-0.1, -0.05) is 6.07 Å². The normalized spacial score (nSPS) is 12.0. The fraction of sp³-hybridized carbons (Fsp3) is 0.571. The largest absolute Gasteiger partial charge is 0.493 e. The van der Waals surface area contributed by atoms with Crippen molar-refractivity contribution >= 4 is 0 Å². The molecule has 1 atom stereocenters. The van der Waals surface area contributed by atoms with Crippen LogP contribution >= 0.6 is 0 Å². The Hall–Kier alpha value is -1.46. The van der Waals surface area contributed by atoms with E-state index in [4.69, 9.17) is 19.3 Å². The smallest absolute Gasteiger partial charge is 0.203 e. The monoisotopic (exact) mass is 269 g/mol. The highest BCUT2D eigenvalue weighted by Gasteiger charge is 2.10. The number of hydrogen-bond acceptors (Lipinski definition) is 5. The third-order valence-electron chi connectivity index (χ3n) is 2.57. The van der Waals surface area contributed by atoms with Crippen LogP contribution in [0.4, 0.5) is 0 Å². The minimum atomic E-state index is -0.324. The zero-order chi connectivity index (χ0) is 14.1. The lowest BCUT2D eigenvalue weighted by atomic mass is 10.3. The molecule has 0 spiro atoms. The standard InChI is InChI=1S/C14H23NO4/c1-11(16)10-15-8-5-9-19-14-12(17-2)6-4-7-13(14)18-3/h4,6-7,11,15-16H,5,8-10H2,1-3H3/t11-/m0/s1. The molecule has 0 aliphatic carbocycles. The van der Waals surface area contributed by atoms with Crippen molar-refractivity contribution in [1.82, 2.24) is 5.32 Å².